The summed E-state index contributed by atoms with van der Waals surface area (Å²) < 4.78 is 29.5. The third kappa shape index (κ3) is 3.85. The number of nitrogens with one attached hydrogen (secondary N) is 1. The Bertz CT molecular complexity index is 781. The van der Waals surface area contributed by atoms with Crippen LogP contribution in [0.5, 0.6) is 5.75 Å². The molecule has 0 aliphatic rings. The first-order chi connectivity index (χ1) is 10.4. The molecule has 116 valence electrons. The Labute approximate surface area is 130 Å². The summed E-state index contributed by atoms with van der Waals surface area (Å²) in [5.41, 5.74) is 2.33. The number of sulfonamides is 1. The van der Waals surface area contributed by atoms with Crippen molar-refractivity contribution in [2.45, 2.75) is 18.7 Å². The zero-order valence-electron chi connectivity index (χ0n) is 12.7. The second kappa shape index (κ2) is 6.62. The van der Waals surface area contributed by atoms with E-state index in [0.717, 1.165) is 11.1 Å². The highest BCUT2D eigenvalue weighted by molar-refractivity contribution is 7.89. The fourth-order valence-electron chi connectivity index (χ4n) is 1.81. The lowest BCUT2D eigenvalue weighted by Crippen LogP contribution is -2.20. The van der Waals surface area contributed by atoms with E-state index >= 15 is 0 Å². The molecule has 2 rings (SSSR count). The lowest BCUT2D eigenvalue weighted by molar-refractivity contribution is 0.414. The summed E-state index contributed by atoms with van der Waals surface area (Å²) in [7, 11) is -2.09. The van der Waals surface area contributed by atoms with E-state index in [1.165, 1.54) is 0 Å². The molecular formula is C16H18N2O3S. The van der Waals surface area contributed by atoms with E-state index in [2.05, 4.69) is 9.93 Å². The molecule has 2 aromatic rings. The van der Waals surface area contributed by atoms with Crippen molar-refractivity contribution in [1.29, 1.82) is 0 Å². The molecule has 0 heterocycles. The maximum atomic E-state index is 12.2. The summed E-state index contributed by atoms with van der Waals surface area (Å²) in [5, 5.41) is 3.96. The second-order valence-electron chi connectivity index (χ2n) is 4.84. The number of aryl methyl sites for hydroxylation is 1. The molecule has 22 heavy (non-hydrogen) atoms. The van der Waals surface area contributed by atoms with E-state index in [1.54, 1.807) is 44.4 Å². The first kappa shape index (κ1) is 16.0. The summed E-state index contributed by atoms with van der Waals surface area (Å²) in [6.07, 6.45) is 0. The molecular weight excluding hydrogens is 300 g/mol. The standard InChI is InChI=1S/C16H18N2O3S/c1-12-7-9-16(10-8-12)22(19,20)18-17-13(2)14-5-4-6-15(11-14)21-3/h4-11,18H,1-3H3/b17-13-. The van der Waals surface area contributed by atoms with E-state index in [1.807, 2.05) is 25.1 Å². The Morgan fingerprint density at radius 3 is 2.45 bits per heavy atom. The molecule has 0 spiro atoms. The largest absolute Gasteiger partial charge is 0.497 e. The van der Waals surface area contributed by atoms with E-state index in [4.69, 9.17) is 4.74 Å². The molecule has 0 saturated heterocycles. The Balaban J connectivity index is 2.20. The monoisotopic (exact) mass is 318 g/mol. The number of ether oxygens (including phenoxy) is 1. The van der Waals surface area contributed by atoms with Gasteiger partial charge in [-0.05, 0) is 38.1 Å². The molecule has 0 atom stereocenters. The summed E-state index contributed by atoms with van der Waals surface area (Å²) in [6, 6.07) is 13.8. The van der Waals surface area contributed by atoms with Crippen molar-refractivity contribution in [3.63, 3.8) is 0 Å². The molecule has 0 fully saturated rings. The molecule has 6 heteroatoms. The van der Waals surface area contributed by atoms with Gasteiger partial charge in [0.1, 0.15) is 5.75 Å². The minimum Gasteiger partial charge on any atom is -0.497 e. The number of hydrogen-bond acceptors (Lipinski definition) is 4. The Hall–Kier alpha value is -2.34. The van der Waals surface area contributed by atoms with Gasteiger partial charge in [0, 0.05) is 5.56 Å². The molecule has 2 aromatic carbocycles. The van der Waals surface area contributed by atoms with Gasteiger partial charge in [-0.15, -0.1) is 0 Å². The van der Waals surface area contributed by atoms with E-state index < -0.39 is 10.0 Å². The van der Waals surface area contributed by atoms with Crippen LogP contribution in [-0.2, 0) is 10.0 Å². The third-order valence-corrected chi connectivity index (χ3v) is 4.38. The summed E-state index contributed by atoms with van der Waals surface area (Å²) >= 11 is 0. The maximum absolute atomic E-state index is 12.2. The van der Waals surface area contributed by atoms with Gasteiger partial charge in [-0.3, -0.25) is 0 Å². The van der Waals surface area contributed by atoms with Gasteiger partial charge in [-0.1, -0.05) is 29.8 Å². The number of hydrazone groups is 1. The first-order valence-corrected chi connectivity index (χ1v) is 8.18. The number of methoxy groups -OCH3 is 1. The molecule has 0 unspecified atom stereocenters. The van der Waals surface area contributed by atoms with Crippen LogP contribution >= 0.6 is 0 Å². The van der Waals surface area contributed by atoms with Crippen molar-refractivity contribution >= 4 is 15.7 Å². The predicted octanol–water partition coefficient (Wildman–Crippen LogP) is 2.71. The van der Waals surface area contributed by atoms with Gasteiger partial charge in [-0.2, -0.15) is 18.4 Å². The van der Waals surface area contributed by atoms with E-state index in [-0.39, 0.29) is 4.90 Å². The number of benzene rings is 2. The Morgan fingerprint density at radius 2 is 1.82 bits per heavy atom. The topological polar surface area (TPSA) is 67.8 Å². The van der Waals surface area contributed by atoms with Crippen molar-refractivity contribution < 1.29 is 13.2 Å². The number of hydrogen-bond donors (Lipinski definition) is 1. The highest BCUT2D eigenvalue weighted by Gasteiger charge is 2.12. The van der Waals surface area contributed by atoms with Crippen LogP contribution in [0.3, 0.4) is 0 Å². The zero-order valence-corrected chi connectivity index (χ0v) is 13.5. The second-order valence-corrected chi connectivity index (χ2v) is 6.50. The first-order valence-electron chi connectivity index (χ1n) is 6.69. The third-order valence-electron chi connectivity index (χ3n) is 3.15. The van der Waals surface area contributed by atoms with Gasteiger partial charge in [0.15, 0.2) is 0 Å². The molecule has 0 radical (unpaired) electrons. The van der Waals surface area contributed by atoms with Crippen molar-refractivity contribution in [2.24, 2.45) is 5.10 Å². The average Bonchev–Trinajstić information content (AvgIpc) is 2.53. The fourth-order valence-corrected chi connectivity index (χ4v) is 2.67. The summed E-state index contributed by atoms with van der Waals surface area (Å²) in [6.45, 7) is 3.63. The molecule has 0 saturated carbocycles. The maximum Gasteiger partial charge on any atom is 0.276 e. The van der Waals surface area contributed by atoms with Crippen LogP contribution in [0.2, 0.25) is 0 Å². The lowest BCUT2D eigenvalue weighted by Gasteiger charge is -2.07. The van der Waals surface area contributed by atoms with Crippen LogP contribution in [0.25, 0.3) is 0 Å². The number of nitrogens with zero attached hydrogens (tertiary/aromatic N) is 1. The average molecular weight is 318 g/mol. The highest BCUT2D eigenvalue weighted by Crippen LogP contribution is 2.14. The van der Waals surface area contributed by atoms with Gasteiger partial charge in [-0.25, -0.2) is 0 Å². The minimum absolute atomic E-state index is 0.181. The van der Waals surface area contributed by atoms with Crippen LogP contribution in [0, 0.1) is 6.92 Å². The van der Waals surface area contributed by atoms with Gasteiger partial charge >= 0.3 is 0 Å². The zero-order chi connectivity index (χ0) is 16.2. The SMILES string of the molecule is COc1cccc(/C(C)=N\NS(=O)(=O)c2ccc(C)cc2)c1. The summed E-state index contributed by atoms with van der Waals surface area (Å²) in [5.74, 6) is 0.688. The normalized spacial score (nSPS) is 12.0. The molecule has 0 bridgehead atoms. The smallest absolute Gasteiger partial charge is 0.276 e. The van der Waals surface area contributed by atoms with Crippen LogP contribution in [0.15, 0.2) is 58.5 Å². The minimum atomic E-state index is -3.66. The summed E-state index contributed by atoms with van der Waals surface area (Å²) in [4.78, 5) is 2.43. The molecule has 0 aliphatic carbocycles. The van der Waals surface area contributed by atoms with Crippen molar-refractivity contribution in [3.05, 3.63) is 59.7 Å². The predicted molar refractivity (Wildman–Crippen MR) is 86.7 cm³/mol. The van der Waals surface area contributed by atoms with E-state index in [0.29, 0.717) is 11.5 Å². The van der Waals surface area contributed by atoms with Gasteiger partial charge < -0.3 is 4.74 Å². The number of rotatable bonds is 5. The van der Waals surface area contributed by atoms with Gasteiger partial charge in [0.2, 0.25) is 0 Å². The fraction of sp³-hybridized carbons (Fsp3) is 0.188. The van der Waals surface area contributed by atoms with Gasteiger partial charge in [0.25, 0.3) is 10.0 Å². The van der Waals surface area contributed by atoms with E-state index in [9.17, 15) is 8.42 Å². The Kier molecular flexibility index (Phi) is 4.82. The molecule has 0 amide bonds. The molecule has 0 aliphatic heterocycles. The van der Waals surface area contributed by atoms with Crippen LogP contribution < -0.4 is 9.57 Å². The van der Waals surface area contributed by atoms with Crippen molar-refractivity contribution in [1.82, 2.24) is 4.83 Å². The van der Waals surface area contributed by atoms with Gasteiger partial charge in [0.05, 0.1) is 17.7 Å². The highest BCUT2D eigenvalue weighted by atomic mass is 32.2. The van der Waals surface area contributed by atoms with Crippen LogP contribution in [0.4, 0.5) is 0 Å². The lowest BCUT2D eigenvalue weighted by atomic mass is 10.1. The Morgan fingerprint density at radius 1 is 1.14 bits per heavy atom. The molecule has 5 nitrogen and oxygen atoms in total. The molecule has 1 N–H and O–H groups in total. The quantitative estimate of drug-likeness (QED) is 0.681. The van der Waals surface area contributed by atoms with Crippen LogP contribution in [0.1, 0.15) is 18.1 Å². The van der Waals surface area contributed by atoms with Crippen molar-refractivity contribution in [2.75, 3.05) is 7.11 Å². The van der Waals surface area contributed by atoms with Crippen LogP contribution in [-0.4, -0.2) is 21.2 Å². The van der Waals surface area contributed by atoms with Crippen molar-refractivity contribution in [3.8, 4) is 5.75 Å². The molecule has 0 aromatic heterocycles.